The van der Waals surface area contributed by atoms with Gasteiger partial charge in [-0.1, -0.05) is 24.3 Å². The molecule has 0 amide bonds. The second-order valence-electron chi connectivity index (χ2n) is 10.5. The first-order valence-electron chi connectivity index (χ1n) is 13.4. The molecular weight excluding hydrogens is 526 g/mol. The number of benzene rings is 2. The molecule has 0 aliphatic carbocycles. The number of hydrogen-bond acceptors (Lipinski definition) is 8. The van der Waals surface area contributed by atoms with E-state index in [2.05, 4.69) is 50.7 Å². The average Bonchev–Trinajstić information content (AvgIpc) is 3.51. The Kier molecular flexibility index (Phi) is 6.89. The van der Waals surface area contributed by atoms with Crippen LogP contribution in [-0.2, 0) is 24.9 Å². The van der Waals surface area contributed by atoms with Gasteiger partial charge in [0.15, 0.2) is 0 Å². The van der Waals surface area contributed by atoms with Gasteiger partial charge in [-0.2, -0.15) is 0 Å². The minimum absolute atomic E-state index is 0.00396. The van der Waals surface area contributed by atoms with Crippen molar-refractivity contribution in [1.29, 1.82) is 0 Å². The number of nitrogens with zero attached hydrogens (tertiary/aromatic N) is 5. The van der Waals surface area contributed by atoms with Crippen LogP contribution in [0.5, 0.6) is 11.6 Å². The fraction of sp³-hybridized carbons (Fsp3) is 0.333. The number of carboxylic acids is 1. The van der Waals surface area contributed by atoms with Crippen LogP contribution in [0.15, 0.2) is 47.8 Å². The van der Waals surface area contributed by atoms with Crippen molar-refractivity contribution in [1.82, 2.24) is 24.9 Å². The van der Waals surface area contributed by atoms with E-state index in [1.807, 2.05) is 26.1 Å². The highest BCUT2D eigenvalue weighted by molar-refractivity contribution is 7.17. The molecule has 2 atom stereocenters. The Morgan fingerprint density at radius 3 is 2.88 bits per heavy atom. The molecule has 0 saturated heterocycles. The van der Waals surface area contributed by atoms with Gasteiger partial charge in [0.2, 0.25) is 5.88 Å². The molecule has 0 spiro atoms. The third-order valence-corrected chi connectivity index (χ3v) is 8.79. The number of aromatic hydroxyl groups is 1. The molecule has 6 rings (SSSR count). The van der Waals surface area contributed by atoms with E-state index >= 15 is 0 Å². The second kappa shape index (κ2) is 10.5. The normalized spacial score (nSPS) is 16.5. The zero-order chi connectivity index (χ0) is 28.0. The summed E-state index contributed by atoms with van der Waals surface area (Å²) in [5.41, 5.74) is 6.40. The zero-order valence-corrected chi connectivity index (χ0v) is 23.5. The Hall–Kier alpha value is -4.02. The van der Waals surface area contributed by atoms with E-state index in [0.717, 1.165) is 45.1 Å². The minimum Gasteiger partial charge on any atom is -0.493 e. The molecule has 0 saturated carbocycles. The number of pyridine rings is 1. The van der Waals surface area contributed by atoms with E-state index in [1.54, 1.807) is 28.2 Å². The molecule has 0 unspecified atom stereocenters. The lowest BCUT2D eigenvalue weighted by molar-refractivity contribution is -0.137. The quantitative estimate of drug-likeness (QED) is 0.275. The molecule has 40 heavy (non-hydrogen) atoms. The number of carboxylic acid groups (broad SMARTS) is 1. The highest BCUT2D eigenvalue weighted by Crippen LogP contribution is 2.38. The first-order valence-corrected chi connectivity index (χ1v) is 14.3. The number of thiophene rings is 1. The van der Waals surface area contributed by atoms with Crippen LogP contribution in [0.3, 0.4) is 0 Å². The molecule has 0 radical (unpaired) electrons. The smallest absolute Gasteiger partial charge is 0.304 e. The number of aromatic nitrogens is 4. The number of hydrogen-bond donors (Lipinski definition) is 2. The summed E-state index contributed by atoms with van der Waals surface area (Å²) < 4.78 is 9.14. The summed E-state index contributed by atoms with van der Waals surface area (Å²) >= 11 is 1.69. The van der Waals surface area contributed by atoms with Crippen molar-refractivity contribution in [2.24, 2.45) is 7.05 Å². The molecule has 5 aromatic rings. The van der Waals surface area contributed by atoms with Crippen LogP contribution in [0, 0.1) is 6.92 Å². The molecule has 0 fully saturated rings. The maximum atomic E-state index is 12.1. The van der Waals surface area contributed by atoms with Crippen molar-refractivity contribution in [3.8, 4) is 11.6 Å². The number of ether oxygens (including phenoxy) is 1. The van der Waals surface area contributed by atoms with Gasteiger partial charge in [0.25, 0.3) is 0 Å². The number of carbonyl (C=O) groups is 1. The molecule has 1 aliphatic rings. The second-order valence-corrected chi connectivity index (χ2v) is 11.4. The first kappa shape index (κ1) is 26.2. The van der Waals surface area contributed by atoms with Gasteiger partial charge in [-0.25, -0.2) is 9.67 Å². The lowest BCUT2D eigenvalue weighted by Crippen LogP contribution is -2.32. The van der Waals surface area contributed by atoms with E-state index in [0.29, 0.717) is 31.1 Å². The number of rotatable bonds is 7. The highest BCUT2D eigenvalue weighted by atomic mass is 32.1. The van der Waals surface area contributed by atoms with Gasteiger partial charge < -0.3 is 14.9 Å². The first-order chi connectivity index (χ1) is 19.3. The molecule has 206 valence electrons. The third kappa shape index (κ3) is 4.89. The molecule has 1 aliphatic heterocycles. The molecule has 9 nitrogen and oxygen atoms in total. The lowest BCUT2D eigenvalue weighted by Gasteiger charge is -2.25. The van der Waals surface area contributed by atoms with Gasteiger partial charge in [0, 0.05) is 43.4 Å². The van der Waals surface area contributed by atoms with Gasteiger partial charge in [-0.05, 0) is 70.6 Å². The van der Waals surface area contributed by atoms with E-state index in [4.69, 9.17) is 4.74 Å². The molecule has 0 bridgehead atoms. The Morgan fingerprint density at radius 2 is 2.08 bits per heavy atom. The van der Waals surface area contributed by atoms with Crippen molar-refractivity contribution >= 4 is 38.4 Å². The van der Waals surface area contributed by atoms with Gasteiger partial charge in [-0.15, -0.1) is 16.4 Å². The Labute approximate surface area is 235 Å². The minimum atomic E-state index is -0.853. The Bertz CT molecular complexity index is 1730. The Morgan fingerprint density at radius 1 is 1.23 bits per heavy atom. The van der Waals surface area contributed by atoms with E-state index in [1.165, 1.54) is 4.70 Å². The molecular formula is C30H31N5O4S. The van der Waals surface area contributed by atoms with Crippen LogP contribution >= 0.6 is 11.3 Å². The van der Waals surface area contributed by atoms with Crippen LogP contribution in [0.25, 0.3) is 21.1 Å². The maximum Gasteiger partial charge on any atom is 0.304 e. The van der Waals surface area contributed by atoms with Crippen molar-refractivity contribution in [3.05, 3.63) is 75.8 Å². The SMILES string of the molecule is CC[C@@H]1CN(Cc2cc([C@H](CC(=O)O)c3ccc4c(nnn4C)c3C)cc3ccsc23)Cc2nc(O)ccc2O1. The summed E-state index contributed by atoms with van der Waals surface area (Å²) in [5.74, 6) is -0.513. The predicted molar refractivity (Wildman–Crippen MR) is 154 cm³/mol. The van der Waals surface area contributed by atoms with Crippen molar-refractivity contribution in [2.45, 2.75) is 51.8 Å². The topological polar surface area (TPSA) is 114 Å². The lowest BCUT2D eigenvalue weighted by atomic mass is 9.84. The third-order valence-electron chi connectivity index (χ3n) is 7.78. The number of fused-ring (bicyclic) bond motifs is 3. The number of aliphatic carboxylic acids is 1. The van der Waals surface area contributed by atoms with Crippen LogP contribution in [-0.4, -0.2) is 53.7 Å². The summed E-state index contributed by atoms with van der Waals surface area (Å²) in [6.45, 7) is 5.99. The zero-order valence-electron chi connectivity index (χ0n) is 22.7. The van der Waals surface area contributed by atoms with Gasteiger partial charge in [0.1, 0.15) is 23.1 Å². The van der Waals surface area contributed by atoms with Gasteiger partial charge >= 0.3 is 5.97 Å². The summed E-state index contributed by atoms with van der Waals surface area (Å²) in [6, 6.07) is 13.7. The largest absolute Gasteiger partial charge is 0.493 e. The van der Waals surface area contributed by atoms with E-state index in [9.17, 15) is 15.0 Å². The molecule has 2 aromatic carbocycles. The van der Waals surface area contributed by atoms with Crippen LogP contribution in [0.1, 0.15) is 53.6 Å². The fourth-order valence-electron chi connectivity index (χ4n) is 5.76. The summed E-state index contributed by atoms with van der Waals surface area (Å²) in [5, 5.41) is 31.6. The summed E-state index contributed by atoms with van der Waals surface area (Å²) in [7, 11) is 1.85. The monoisotopic (exact) mass is 557 g/mol. The van der Waals surface area contributed by atoms with Crippen LogP contribution in [0.2, 0.25) is 0 Å². The maximum absolute atomic E-state index is 12.1. The van der Waals surface area contributed by atoms with Crippen molar-refractivity contribution in [3.63, 3.8) is 0 Å². The number of aryl methyl sites for hydroxylation is 2. The van der Waals surface area contributed by atoms with Gasteiger partial charge in [-0.3, -0.25) is 9.69 Å². The summed E-state index contributed by atoms with van der Waals surface area (Å²) in [6.07, 6.45) is 0.805. The highest BCUT2D eigenvalue weighted by Gasteiger charge is 2.26. The Balaban J connectivity index is 1.42. The molecule has 10 heteroatoms. The standard InChI is InChI=1S/C30H31N5O4S/c1-4-21-15-35(16-24-26(39-21)7-8-27(36)31-24)14-20-12-19(11-18-9-10-40-30(18)20)23(13-28(37)38)22-5-6-25-29(17(22)2)32-33-34(25)3/h5-12,21,23H,4,13-16H2,1-3H3,(H,31,36)(H,37,38)/t21-,23+/m1/s1. The predicted octanol–water partition coefficient (Wildman–Crippen LogP) is 5.37. The van der Waals surface area contributed by atoms with Gasteiger partial charge in [0.05, 0.1) is 11.9 Å². The van der Waals surface area contributed by atoms with Crippen molar-refractivity contribution < 1.29 is 19.7 Å². The van der Waals surface area contributed by atoms with Crippen LogP contribution in [0.4, 0.5) is 0 Å². The van der Waals surface area contributed by atoms with Crippen LogP contribution < -0.4 is 4.74 Å². The fourth-order valence-corrected chi connectivity index (χ4v) is 6.65. The molecule has 4 heterocycles. The molecule has 3 aromatic heterocycles. The van der Waals surface area contributed by atoms with E-state index in [-0.39, 0.29) is 24.3 Å². The van der Waals surface area contributed by atoms with E-state index < -0.39 is 5.97 Å². The average molecular weight is 558 g/mol. The summed E-state index contributed by atoms with van der Waals surface area (Å²) in [4.78, 5) is 18.8. The van der Waals surface area contributed by atoms with Crippen molar-refractivity contribution in [2.75, 3.05) is 6.54 Å². The molecule has 2 N–H and O–H groups in total.